The van der Waals surface area contributed by atoms with E-state index in [1.54, 1.807) is 0 Å². The third-order valence-electron chi connectivity index (χ3n) is 4.45. The molecule has 0 bridgehead atoms. The summed E-state index contributed by atoms with van der Waals surface area (Å²) in [5.41, 5.74) is 1.34. The maximum Gasteiger partial charge on any atom is 0.193 e. The maximum atomic E-state index is 4.88. The number of rotatable bonds is 7. The van der Waals surface area contributed by atoms with Crippen LogP contribution in [-0.4, -0.2) is 50.6 Å². The Balaban J connectivity index is 1.87. The third-order valence-corrected chi connectivity index (χ3v) is 4.45. The molecule has 1 aliphatic rings. The number of aliphatic imine (C=N–C) groups is 1. The van der Waals surface area contributed by atoms with Gasteiger partial charge in [0.1, 0.15) is 0 Å². The van der Waals surface area contributed by atoms with Crippen LogP contribution in [0, 0.1) is 5.92 Å². The molecule has 1 unspecified atom stereocenters. The number of benzene rings is 1. The fraction of sp³-hybridized carbons (Fsp3) is 0.632. The summed E-state index contributed by atoms with van der Waals surface area (Å²) in [6.07, 6.45) is 3.67. The summed E-state index contributed by atoms with van der Waals surface area (Å²) >= 11 is 0. The molecule has 0 amide bonds. The minimum absolute atomic E-state index is 0.656. The van der Waals surface area contributed by atoms with E-state index < -0.39 is 0 Å². The highest BCUT2D eigenvalue weighted by atomic mass is 15.3. The minimum atomic E-state index is 0.656. The maximum absolute atomic E-state index is 4.88. The Morgan fingerprint density at radius 1 is 1.30 bits per heavy atom. The average Bonchev–Trinajstić information content (AvgIpc) is 3.06. The molecule has 1 N–H and O–H groups in total. The molecule has 0 spiro atoms. The topological polar surface area (TPSA) is 30.9 Å². The van der Waals surface area contributed by atoms with Gasteiger partial charge in [-0.2, -0.15) is 0 Å². The van der Waals surface area contributed by atoms with Gasteiger partial charge in [-0.3, -0.25) is 4.99 Å². The largest absolute Gasteiger partial charge is 0.371 e. The fourth-order valence-corrected chi connectivity index (χ4v) is 3.04. The van der Waals surface area contributed by atoms with E-state index in [2.05, 4.69) is 66.3 Å². The lowest BCUT2D eigenvalue weighted by atomic mass is 10.1. The predicted octanol–water partition coefficient (Wildman–Crippen LogP) is 3.21. The number of nitrogens with one attached hydrogen (secondary N) is 1. The van der Waals surface area contributed by atoms with Crippen LogP contribution in [0.5, 0.6) is 0 Å². The van der Waals surface area contributed by atoms with E-state index in [0.29, 0.717) is 5.92 Å². The van der Waals surface area contributed by atoms with Crippen LogP contribution in [0.2, 0.25) is 0 Å². The van der Waals surface area contributed by atoms with Crippen LogP contribution >= 0.6 is 0 Å². The molecule has 0 saturated carbocycles. The number of anilines is 1. The zero-order valence-corrected chi connectivity index (χ0v) is 15.0. The minimum Gasteiger partial charge on any atom is -0.371 e. The second-order valence-corrected chi connectivity index (χ2v) is 6.41. The molecule has 0 aliphatic carbocycles. The first kappa shape index (κ1) is 17.6. The summed E-state index contributed by atoms with van der Waals surface area (Å²) in [5, 5.41) is 3.42. The van der Waals surface area contributed by atoms with E-state index in [4.69, 9.17) is 4.99 Å². The molecule has 0 radical (unpaired) electrons. The molecule has 4 nitrogen and oxygen atoms in total. The molecular weight excluding hydrogens is 284 g/mol. The molecule has 4 heteroatoms. The highest BCUT2D eigenvalue weighted by molar-refractivity contribution is 5.79. The quantitative estimate of drug-likeness (QED) is 0.619. The first-order valence-corrected chi connectivity index (χ1v) is 9.04. The van der Waals surface area contributed by atoms with E-state index in [-0.39, 0.29) is 0 Å². The summed E-state index contributed by atoms with van der Waals surface area (Å²) in [6, 6.07) is 10.7. The molecule has 128 valence electrons. The molecule has 23 heavy (non-hydrogen) atoms. The fourth-order valence-electron chi connectivity index (χ4n) is 3.04. The van der Waals surface area contributed by atoms with Gasteiger partial charge in [0, 0.05) is 45.5 Å². The number of unbranched alkanes of at least 4 members (excludes halogenated alkanes) is 1. The van der Waals surface area contributed by atoms with Gasteiger partial charge in [-0.15, -0.1) is 0 Å². The third kappa shape index (κ3) is 5.45. The predicted molar refractivity (Wildman–Crippen MR) is 100 cm³/mol. The first-order chi connectivity index (χ1) is 11.2. The molecule has 1 heterocycles. The summed E-state index contributed by atoms with van der Waals surface area (Å²) in [7, 11) is 2.14. The molecule has 1 atom stereocenters. The van der Waals surface area contributed by atoms with Gasteiger partial charge in [0.25, 0.3) is 0 Å². The van der Waals surface area contributed by atoms with Crippen molar-refractivity contribution in [2.24, 2.45) is 10.9 Å². The van der Waals surface area contributed by atoms with Crippen LogP contribution < -0.4 is 10.2 Å². The first-order valence-electron chi connectivity index (χ1n) is 9.04. The SMILES string of the molecule is CCCCN(C)C(=NCC1CCN(c2ccccc2)C1)NCC. The van der Waals surface area contributed by atoms with Gasteiger partial charge in [0.15, 0.2) is 5.96 Å². The Morgan fingerprint density at radius 3 is 2.78 bits per heavy atom. The Kier molecular flexibility index (Phi) is 7.24. The van der Waals surface area contributed by atoms with Crippen LogP contribution in [0.4, 0.5) is 5.69 Å². The van der Waals surface area contributed by atoms with Crippen molar-refractivity contribution in [3.63, 3.8) is 0 Å². The zero-order chi connectivity index (χ0) is 16.5. The Hall–Kier alpha value is -1.71. The second-order valence-electron chi connectivity index (χ2n) is 6.41. The summed E-state index contributed by atoms with van der Waals surface area (Å²) in [4.78, 5) is 9.62. The molecule has 0 aromatic heterocycles. The Bertz CT molecular complexity index is 472. The van der Waals surface area contributed by atoms with Crippen LogP contribution in [-0.2, 0) is 0 Å². The molecule has 2 rings (SSSR count). The van der Waals surface area contributed by atoms with E-state index in [1.165, 1.54) is 24.9 Å². The van der Waals surface area contributed by atoms with Crippen molar-refractivity contribution < 1.29 is 0 Å². The number of para-hydroxylation sites is 1. The van der Waals surface area contributed by atoms with E-state index >= 15 is 0 Å². The second kappa shape index (κ2) is 9.43. The van der Waals surface area contributed by atoms with E-state index in [9.17, 15) is 0 Å². The Morgan fingerprint density at radius 2 is 2.09 bits per heavy atom. The van der Waals surface area contributed by atoms with Gasteiger partial charge in [0.2, 0.25) is 0 Å². The standard InChI is InChI=1S/C19H32N4/c1-4-6-13-22(3)19(20-5-2)21-15-17-12-14-23(16-17)18-10-8-7-9-11-18/h7-11,17H,4-6,12-16H2,1-3H3,(H,20,21). The van der Waals surface area contributed by atoms with Gasteiger partial charge in [-0.25, -0.2) is 0 Å². The van der Waals surface area contributed by atoms with Crippen molar-refractivity contribution in [1.29, 1.82) is 0 Å². The highest BCUT2D eigenvalue weighted by Gasteiger charge is 2.22. The molecule has 1 aliphatic heterocycles. The summed E-state index contributed by atoms with van der Waals surface area (Å²) in [5.74, 6) is 1.71. The van der Waals surface area contributed by atoms with Gasteiger partial charge in [0.05, 0.1) is 0 Å². The van der Waals surface area contributed by atoms with E-state index in [1.807, 2.05) is 0 Å². The smallest absolute Gasteiger partial charge is 0.193 e. The van der Waals surface area contributed by atoms with Crippen molar-refractivity contribution >= 4 is 11.6 Å². The van der Waals surface area contributed by atoms with Gasteiger partial charge < -0.3 is 15.1 Å². The van der Waals surface area contributed by atoms with Crippen molar-refractivity contribution in [3.8, 4) is 0 Å². The molecule has 1 saturated heterocycles. The lowest BCUT2D eigenvalue weighted by Crippen LogP contribution is -2.39. The van der Waals surface area contributed by atoms with Gasteiger partial charge in [-0.1, -0.05) is 31.5 Å². The average molecular weight is 316 g/mol. The number of guanidine groups is 1. The Labute approximate surface area is 141 Å². The lowest BCUT2D eigenvalue weighted by molar-refractivity contribution is 0.461. The van der Waals surface area contributed by atoms with Crippen molar-refractivity contribution in [1.82, 2.24) is 10.2 Å². The van der Waals surface area contributed by atoms with Gasteiger partial charge >= 0.3 is 0 Å². The number of nitrogens with zero attached hydrogens (tertiary/aromatic N) is 3. The van der Waals surface area contributed by atoms with Crippen molar-refractivity contribution in [2.75, 3.05) is 44.7 Å². The van der Waals surface area contributed by atoms with Gasteiger partial charge in [-0.05, 0) is 37.8 Å². The van der Waals surface area contributed by atoms with Crippen LogP contribution in [0.15, 0.2) is 35.3 Å². The lowest BCUT2D eigenvalue weighted by Gasteiger charge is -2.22. The molecular formula is C19H32N4. The summed E-state index contributed by atoms with van der Waals surface area (Å²) < 4.78 is 0. The molecule has 1 fully saturated rings. The molecule has 1 aromatic carbocycles. The number of hydrogen-bond donors (Lipinski definition) is 1. The van der Waals surface area contributed by atoms with Crippen LogP contribution in [0.1, 0.15) is 33.1 Å². The van der Waals surface area contributed by atoms with Crippen LogP contribution in [0.3, 0.4) is 0 Å². The monoisotopic (exact) mass is 316 g/mol. The highest BCUT2D eigenvalue weighted by Crippen LogP contribution is 2.23. The van der Waals surface area contributed by atoms with Crippen LogP contribution in [0.25, 0.3) is 0 Å². The van der Waals surface area contributed by atoms with E-state index in [0.717, 1.165) is 38.7 Å². The zero-order valence-electron chi connectivity index (χ0n) is 15.0. The molecule has 1 aromatic rings. The summed E-state index contributed by atoms with van der Waals surface area (Å²) in [6.45, 7) is 9.55. The normalized spacial score (nSPS) is 18.3. The van der Waals surface area contributed by atoms with Crippen molar-refractivity contribution in [2.45, 2.75) is 33.1 Å². The number of hydrogen-bond acceptors (Lipinski definition) is 2. The van der Waals surface area contributed by atoms with Crippen molar-refractivity contribution in [3.05, 3.63) is 30.3 Å².